The summed E-state index contributed by atoms with van der Waals surface area (Å²) >= 11 is 5.99. The van der Waals surface area contributed by atoms with Crippen LogP contribution in [0.5, 0.6) is 11.5 Å². The van der Waals surface area contributed by atoms with Gasteiger partial charge in [-0.25, -0.2) is 0 Å². The summed E-state index contributed by atoms with van der Waals surface area (Å²) in [6.07, 6.45) is 2.83. The lowest BCUT2D eigenvalue weighted by Gasteiger charge is -2.10. The molecule has 6 nitrogen and oxygen atoms in total. The van der Waals surface area contributed by atoms with Crippen molar-refractivity contribution in [3.05, 3.63) is 64.7 Å². The van der Waals surface area contributed by atoms with Crippen molar-refractivity contribution in [1.82, 2.24) is 10.9 Å². The molecule has 0 radical (unpaired) electrons. The van der Waals surface area contributed by atoms with Crippen LogP contribution in [-0.4, -0.2) is 26.0 Å². The molecule has 0 bridgehead atoms. The van der Waals surface area contributed by atoms with E-state index >= 15 is 0 Å². The van der Waals surface area contributed by atoms with Gasteiger partial charge >= 0.3 is 0 Å². The summed E-state index contributed by atoms with van der Waals surface area (Å²) in [6, 6.07) is 11.8. The molecular weight excluding hydrogens is 344 g/mol. The number of rotatable bonds is 5. The first-order valence-electron chi connectivity index (χ1n) is 7.30. The van der Waals surface area contributed by atoms with Crippen molar-refractivity contribution < 1.29 is 19.1 Å². The van der Waals surface area contributed by atoms with Crippen LogP contribution in [0, 0.1) is 0 Å². The topological polar surface area (TPSA) is 76.7 Å². The highest BCUT2D eigenvalue weighted by atomic mass is 35.5. The molecule has 2 aromatic carbocycles. The first-order valence-corrected chi connectivity index (χ1v) is 7.68. The van der Waals surface area contributed by atoms with Crippen molar-refractivity contribution in [2.45, 2.75) is 0 Å². The van der Waals surface area contributed by atoms with Crippen LogP contribution in [0.3, 0.4) is 0 Å². The molecule has 2 aromatic rings. The molecule has 0 atom stereocenters. The molecule has 7 heteroatoms. The zero-order chi connectivity index (χ0) is 18.2. The minimum absolute atomic E-state index is 0.313. The Morgan fingerprint density at radius 2 is 1.72 bits per heavy atom. The van der Waals surface area contributed by atoms with Crippen molar-refractivity contribution in [3.63, 3.8) is 0 Å². The van der Waals surface area contributed by atoms with Crippen molar-refractivity contribution in [3.8, 4) is 11.5 Å². The third-order valence-electron chi connectivity index (χ3n) is 3.26. The summed E-state index contributed by atoms with van der Waals surface area (Å²) in [5.41, 5.74) is 5.63. The number of benzene rings is 2. The van der Waals surface area contributed by atoms with Gasteiger partial charge < -0.3 is 9.47 Å². The largest absolute Gasteiger partial charge is 0.493 e. The first-order chi connectivity index (χ1) is 12.0. The average Bonchev–Trinajstić information content (AvgIpc) is 2.64. The highest BCUT2D eigenvalue weighted by Gasteiger charge is 2.11. The molecule has 130 valence electrons. The highest BCUT2D eigenvalue weighted by molar-refractivity contribution is 6.32. The number of hydrogen-bond donors (Lipinski definition) is 2. The molecule has 0 saturated carbocycles. The van der Waals surface area contributed by atoms with Gasteiger partial charge in [-0.1, -0.05) is 29.8 Å². The number of ether oxygens (including phenoxy) is 2. The molecule has 2 N–H and O–H groups in total. The van der Waals surface area contributed by atoms with Crippen molar-refractivity contribution in [1.29, 1.82) is 0 Å². The number of methoxy groups -OCH3 is 2. The molecule has 0 unspecified atom stereocenters. The fourth-order valence-electron chi connectivity index (χ4n) is 1.99. The summed E-state index contributed by atoms with van der Waals surface area (Å²) < 4.78 is 10.2. The van der Waals surface area contributed by atoms with E-state index in [4.69, 9.17) is 21.1 Å². The lowest BCUT2D eigenvalue weighted by molar-refractivity contribution is -0.117. The molecular formula is C18H17ClN2O4. The van der Waals surface area contributed by atoms with Crippen LogP contribution >= 0.6 is 11.6 Å². The number of carbonyl (C=O) groups excluding carboxylic acids is 2. The molecule has 0 heterocycles. The molecule has 0 aliphatic heterocycles. The summed E-state index contributed by atoms with van der Waals surface area (Å²) in [7, 11) is 2.98. The Labute approximate surface area is 150 Å². The Bertz CT molecular complexity index is 805. The lowest BCUT2D eigenvalue weighted by Crippen LogP contribution is -2.40. The van der Waals surface area contributed by atoms with Gasteiger partial charge in [0, 0.05) is 16.7 Å². The van der Waals surface area contributed by atoms with E-state index in [9.17, 15) is 9.59 Å². The second kappa shape index (κ2) is 8.75. The maximum absolute atomic E-state index is 12.1. The van der Waals surface area contributed by atoms with E-state index in [1.165, 1.54) is 26.4 Å². The van der Waals surface area contributed by atoms with Crippen molar-refractivity contribution >= 4 is 29.5 Å². The van der Waals surface area contributed by atoms with Crippen LogP contribution in [0.15, 0.2) is 48.5 Å². The molecule has 2 rings (SSSR count). The smallest absolute Gasteiger partial charge is 0.269 e. The summed E-state index contributed by atoms with van der Waals surface area (Å²) in [4.78, 5) is 23.9. The summed E-state index contributed by atoms with van der Waals surface area (Å²) in [6.45, 7) is 0. The average molecular weight is 361 g/mol. The first kappa shape index (κ1) is 18.4. The molecule has 0 fully saturated rings. The maximum Gasteiger partial charge on any atom is 0.269 e. The van der Waals surface area contributed by atoms with Crippen molar-refractivity contribution in [2.24, 2.45) is 0 Å². The van der Waals surface area contributed by atoms with Crippen molar-refractivity contribution in [2.75, 3.05) is 14.2 Å². The Kier molecular flexibility index (Phi) is 6.42. The fourth-order valence-corrected chi connectivity index (χ4v) is 2.18. The number of amides is 2. The van der Waals surface area contributed by atoms with E-state index in [-0.39, 0.29) is 0 Å². The molecule has 0 aliphatic carbocycles. The molecule has 0 spiro atoms. The van der Waals surface area contributed by atoms with E-state index < -0.39 is 11.8 Å². The quantitative estimate of drug-likeness (QED) is 0.635. The van der Waals surface area contributed by atoms with E-state index in [1.807, 2.05) is 6.07 Å². The highest BCUT2D eigenvalue weighted by Crippen LogP contribution is 2.27. The van der Waals surface area contributed by atoms with Gasteiger partial charge in [0.15, 0.2) is 11.5 Å². The monoisotopic (exact) mass is 360 g/mol. The van der Waals surface area contributed by atoms with Gasteiger partial charge in [0.25, 0.3) is 11.8 Å². The second-order valence-corrected chi connectivity index (χ2v) is 5.28. The molecule has 0 aromatic heterocycles. The Morgan fingerprint density at radius 1 is 1.00 bits per heavy atom. The van der Waals surface area contributed by atoms with Gasteiger partial charge in [-0.3, -0.25) is 20.4 Å². The van der Waals surface area contributed by atoms with E-state index in [1.54, 1.807) is 36.4 Å². The Morgan fingerprint density at radius 3 is 2.40 bits per heavy atom. The molecule has 2 amide bonds. The third-order valence-corrected chi connectivity index (χ3v) is 3.61. The minimum Gasteiger partial charge on any atom is -0.493 e. The van der Waals surface area contributed by atoms with E-state index in [0.717, 1.165) is 0 Å². The van der Waals surface area contributed by atoms with E-state index in [2.05, 4.69) is 10.9 Å². The number of hydrogen-bond acceptors (Lipinski definition) is 4. The molecule has 0 saturated heterocycles. The van der Waals surface area contributed by atoms with Crippen LogP contribution in [0.1, 0.15) is 15.9 Å². The molecule has 25 heavy (non-hydrogen) atoms. The van der Waals surface area contributed by atoms with Crippen LogP contribution in [0.4, 0.5) is 0 Å². The predicted molar refractivity (Wildman–Crippen MR) is 95.6 cm³/mol. The Balaban J connectivity index is 1.95. The standard InChI is InChI=1S/C18H17ClN2O4/c1-24-15-9-7-13(11-16(15)25-2)18(23)21-20-17(22)10-8-12-5-3-4-6-14(12)19/h3-11H,1-2H3,(H,20,22)(H,21,23)/b10-8+. The summed E-state index contributed by atoms with van der Waals surface area (Å²) in [5.74, 6) is -0.0555. The van der Waals surface area contributed by atoms with Gasteiger partial charge in [0.2, 0.25) is 0 Å². The number of hydrazine groups is 1. The normalized spacial score (nSPS) is 10.4. The molecule has 0 aliphatic rings. The third kappa shape index (κ3) is 4.99. The second-order valence-electron chi connectivity index (χ2n) is 4.87. The van der Waals surface area contributed by atoms with Gasteiger partial charge in [-0.05, 0) is 35.9 Å². The van der Waals surface area contributed by atoms with Crippen LogP contribution < -0.4 is 20.3 Å². The fraction of sp³-hybridized carbons (Fsp3) is 0.111. The summed E-state index contributed by atoms with van der Waals surface area (Å²) in [5, 5.41) is 0.529. The number of carbonyl (C=O) groups is 2. The van der Waals surface area contributed by atoms with Gasteiger partial charge in [-0.15, -0.1) is 0 Å². The van der Waals surface area contributed by atoms with Gasteiger partial charge in [-0.2, -0.15) is 0 Å². The minimum atomic E-state index is -0.492. The SMILES string of the molecule is COc1ccc(C(=O)NNC(=O)/C=C/c2ccccc2Cl)cc1OC. The number of halogens is 1. The predicted octanol–water partition coefficient (Wildman–Crippen LogP) is 2.83. The van der Waals surface area contributed by atoms with Crippen LogP contribution in [0.25, 0.3) is 6.08 Å². The number of nitrogens with one attached hydrogen (secondary N) is 2. The lowest BCUT2D eigenvalue weighted by atomic mass is 10.2. The zero-order valence-corrected chi connectivity index (χ0v) is 14.5. The van der Waals surface area contributed by atoms with Gasteiger partial charge in [0.1, 0.15) is 0 Å². The van der Waals surface area contributed by atoms with E-state index in [0.29, 0.717) is 27.6 Å². The maximum atomic E-state index is 12.1. The van der Waals surface area contributed by atoms with Gasteiger partial charge in [0.05, 0.1) is 14.2 Å². The van der Waals surface area contributed by atoms with Crippen LogP contribution in [-0.2, 0) is 4.79 Å². The van der Waals surface area contributed by atoms with Crippen LogP contribution in [0.2, 0.25) is 5.02 Å². The Hall–Kier alpha value is -2.99. The zero-order valence-electron chi connectivity index (χ0n) is 13.7.